The molecule has 5 heteroatoms. The highest BCUT2D eigenvalue weighted by Gasteiger charge is 2.21. The summed E-state index contributed by atoms with van der Waals surface area (Å²) in [6.07, 6.45) is 5.29. The van der Waals surface area contributed by atoms with E-state index in [1.807, 2.05) is 42.5 Å². The van der Waals surface area contributed by atoms with Gasteiger partial charge in [0.25, 0.3) is 0 Å². The molecule has 1 aromatic carbocycles. The minimum absolute atomic E-state index is 0.00104. The number of carbonyl (C=O) groups is 1. The molecule has 1 aliphatic rings. The number of hydrogen-bond acceptors (Lipinski definition) is 3. The lowest BCUT2D eigenvalue weighted by Gasteiger charge is -2.19. The molecule has 0 radical (unpaired) electrons. The van der Waals surface area contributed by atoms with Crippen LogP contribution in [0.2, 0.25) is 5.02 Å². The van der Waals surface area contributed by atoms with Gasteiger partial charge in [-0.05, 0) is 49.1 Å². The normalized spacial score (nSPS) is 18.3. The van der Waals surface area contributed by atoms with E-state index in [0.29, 0.717) is 11.4 Å². The van der Waals surface area contributed by atoms with Gasteiger partial charge in [0, 0.05) is 24.2 Å². The first kappa shape index (κ1) is 16.9. The van der Waals surface area contributed by atoms with E-state index in [2.05, 4.69) is 10.3 Å². The van der Waals surface area contributed by atoms with Gasteiger partial charge >= 0.3 is 0 Å². The van der Waals surface area contributed by atoms with Crippen molar-refractivity contribution in [2.24, 2.45) is 0 Å². The fourth-order valence-electron chi connectivity index (χ4n) is 2.96. The number of aromatic nitrogens is 1. The molecule has 2 atom stereocenters. The average Bonchev–Trinajstić information content (AvgIpc) is 3.12. The second-order valence-corrected chi connectivity index (χ2v) is 6.42. The van der Waals surface area contributed by atoms with Crippen LogP contribution in [0.3, 0.4) is 0 Å². The zero-order valence-electron chi connectivity index (χ0n) is 13.5. The lowest BCUT2D eigenvalue weighted by molar-refractivity contribution is -0.122. The molecule has 126 valence electrons. The summed E-state index contributed by atoms with van der Waals surface area (Å²) in [5, 5.41) is 3.73. The van der Waals surface area contributed by atoms with Crippen molar-refractivity contribution < 1.29 is 9.53 Å². The highest BCUT2D eigenvalue weighted by molar-refractivity contribution is 6.30. The molecule has 1 aromatic heterocycles. The van der Waals surface area contributed by atoms with Crippen LogP contribution in [-0.2, 0) is 9.53 Å². The second-order valence-electron chi connectivity index (χ2n) is 5.98. The van der Waals surface area contributed by atoms with E-state index in [1.165, 1.54) is 0 Å². The molecule has 1 unspecified atom stereocenters. The SMILES string of the molecule is O=C(CC[C@@H]1CCCO1)NC(c1cccc(Cl)c1)c1ccccn1. The van der Waals surface area contributed by atoms with Gasteiger partial charge in [0.15, 0.2) is 0 Å². The summed E-state index contributed by atoms with van der Waals surface area (Å²) in [4.78, 5) is 16.8. The number of nitrogens with one attached hydrogen (secondary N) is 1. The summed E-state index contributed by atoms with van der Waals surface area (Å²) in [6.45, 7) is 0.811. The van der Waals surface area contributed by atoms with E-state index in [1.54, 1.807) is 6.20 Å². The molecule has 0 bridgehead atoms. The van der Waals surface area contributed by atoms with Gasteiger partial charge in [-0.25, -0.2) is 0 Å². The largest absolute Gasteiger partial charge is 0.378 e. The van der Waals surface area contributed by atoms with Crippen LogP contribution < -0.4 is 5.32 Å². The number of rotatable bonds is 6. The molecule has 2 heterocycles. The highest BCUT2D eigenvalue weighted by Crippen LogP contribution is 2.24. The Kier molecular flexibility index (Phi) is 5.83. The third kappa shape index (κ3) is 4.56. The molecule has 2 aromatic rings. The molecule has 24 heavy (non-hydrogen) atoms. The summed E-state index contributed by atoms with van der Waals surface area (Å²) >= 11 is 6.11. The number of hydrogen-bond donors (Lipinski definition) is 1. The number of amides is 1. The summed E-state index contributed by atoms with van der Waals surface area (Å²) in [6, 6.07) is 12.9. The lowest BCUT2D eigenvalue weighted by Crippen LogP contribution is -2.30. The van der Waals surface area contributed by atoms with Crippen LogP contribution in [0.25, 0.3) is 0 Å². The van der Waals surface area contributed by atoms with Crippen LogP contribution in [0.15, 0.2) is 48.7 Å². The molecule has 1 aliphatic heterocycles. The van der Waals surface area contributed by atoms with Gasteiger partial charge in [-0.3, -0.25) is 9.78 Å². The molecule has 1 fully saturated rings. The van der Waals surface area contributed by atoms with Crippen molar-refractivity contribution >= 4 is 17.5 Å². The summed E-state index contributed by atoms with van der Waals surface area (Å²) in [7, 11) is 0. The topological polar surface area (TPSA) is 51.2 Å². The maximum absolute atomic E-state index is 12.4. The standard InChI is InChI=1S/C19H21ClN2O2/c20-15-6-3-5-14(13-15)19(17-8-1-2-11-21-17)22-18(23)10-9-16-7-4-12-24-16/h1-3,5-6,8,11,13,16,19H,4,7,9-10,12H2,(H,22,23)/t16-,19?/m0/s1. The van der Waals surface area contributed by atoms with Gasteiger partial charge in [-0.2, -0.15) is 0 Å². The Morgan fingerprint density at radius 2 is 2.25 bits per heavy atom. The molecule has 1 saturated heterocycles. The van der Waals surface area contributed by atoms with Gasteiger partial charge in [0.1, 0.15) is 0 Å². The van der Waals surface area contributed by atoms with E-state index in [9.17, 15) is 4.79 Å². The first-order valence-electron chi connectivity index (χ1n) is 8.30. The van der Waals surface area contributed by atoms with Gasteiger partial charge in [0.05, 0.1) is 17.8 Å². The Balaban J connectivity index is 1.71. The van der Waals surface area contributed by atoms with Gasteiger partial charge < -0.3 is 10.1 Å². The van der Waals surface area contributed by atoms with Crippen LogP contribution in [0.4, 0.5) is 0 Å². The quantitative estimate of drug-likeness (QED) is 0.864. The molecule has 1 N–H and O–H groups in total. The maximum Gasteiger partial charge on any atom is 0.220 e. The average molecular weight is 345 g/mol. The van der Waals surface area contributed by atoms with Crippen molar-refractivity contribution in [3.05, 3.63) is 64.9 Å². The van der Waals surface area contributed by atoms with Gasteiger partial charge in [-0.15, -0.1) is 0 Å². The maximum atomic E-state index is 12.4. The van der Waals surface area contributed by atoms with Gasteiger partial charge in [-0.1, -0.05) is 29.8 Å². The van der Waals surface area contributed by atoms with Crippen LogP contribution in [0.5, 0.6) is 0 Å². The van der Waals surface area contributed by atoms with E-state index >= 15 is 0 Å². The first-order valence-corrected chi connectivity index (χ1v) is 8.67. The Morgan fingerprint density at radius 1 is 1.33 bits per heavy atom. The molecular weight excluding hydrogens is 324 g/mol. The second kappa shape index (κ2) is 8.27. The number of halogens is 1. The number of pyridine rings is 1. The summed E-state index contributed by atoms with van der Waals surface area (Å²) < 4.78 is 5.58. The number of benzene rings is 1. The molecule has 0 spiro atoms. The van der Waals surface area contributed by atoms with Crippen molar-refractivity contribution in [3.8, 4) is 0 Å². The van der Waals surface area contributed by atoms with Gasteiger partial charge in [0.2, 0.25) is 5.91 Å². The minimum atomic E-state index is -0.304. The molecular formula is C19H21ClN2O2. The Morgan fingerprint density at radius 3 is 2.96 bits per heavy atom. The third-order valence-corrected chi connectivity index (χ3v) is 4.42. The zero-order valence-corrected chi connectivity index (χ0v) is 14.2. The number of nitrogens with zero attached hydrogens (tertiary/aromatic N) is 1. The first-order chi connectivity index (χ1) is 11.7. The predicted octanol–water partition coefficient (Wildman–Crippen LogP) is 3.90. The monoisotopic (exact) mass is 344 g/mol. The number of ether oxygens (including phenoxy) is 1. The molecule has 1 amide bonds. The lowest BCUT2D eigenvalue weighted by atomic mass is 10.0. The molecule has 0 aliphatic carbocycles. The number of carbonyl (C=O) groups excluding carboxylic acids is 1. The summed E-state index contributed by atoms with van der Waals surface area (Å²) in [5.41, 5.74) is 1.72. The Bertz CT molecular complexity index is 672. The van der Waals surface area contributed by atoms with Crippen LogP contribution in [0.1, 0.15) is 43.0 Å². The van der Waals surface area contributed by atoms with Crippen molar-refractivity contribution in [2.45, 2.75) is 37.8 Å². The summed E-state index contributed by atoms with van der Waals surface area (Å²) in [5.74, 6) is 0.00104. The van der Waals surface area contributed by atoms with Crippen LogP contribution in [0, 0.1) is 0 Å². The molecule has 4 nitrogen and oxygen atoms in total. The highest BCUT2D eigenvalue weighted by atomic mass is 35.5. The molecule has 3 rings (SSSR count). The predicted molar refractivity (Wildman–Crippen MR) is 93.9 cm³/mol. The van der Waals surface area contributed by atoms with Crippen LogP contribution >= 0.6 is 11.6 Å². The molecule has 0 saturated carbocycles. The zero-order chi connectivity index (χ0) is 16.8. The van der Waals surface area contributed by atoms with Crippen LogP contribution in [-0.4, -0.2) is 23.6 Å². The van der Waals surface area contributed by atoms with E-state index in [4.69, 9.17) is 16.3 Å². The smallest absolute Gasteiger partial charge is 0.220 e. The van der Waals surface area contributed by atoms with Crippen molar-refractivity contribution in [1.82, 2.24) is 10.3 Å². The Labute approximate surface area is 147 Å². The third-order valence-electron chi connectivity index (χ3n) is 4.19. The minimum Gasteiger partial charge on any atom is -0.378 e. The fraction of sp³-hybridized carbons (Fsp3) is 0.368. The van der Waals surface area contributed by atoms with E-state index < -0.39 is 0 Å². The van der Waals surface area contributed by atoms with Crippen molar-refractivity contribution in [3.63, 3.8) is 0 Å². The van der Waals surface area contributed by atoms with Crippen molar-refractivity contribution in [2.75, 3.05) is 6.61 Å². The van der Waals surface area contributed by atoms with Crippen molar-refractivity contribution in [1.29, 1.82) is 0 Å². The Hall–Kier alpha value is -1.91. The van der Waals surface area contributed by atoms with E-state index in [0.717, 1.165) is 37.1 Å². The van der Waals surface area contributed by atoms with E-state index in [-0.39, 0.29) is 18.1 Å². The fourth-order valence-corrected chi connectivity index (χ4v) is 3.16.